The Morgan fingerprint density at radius 2 is 2.21 bits per heavy atom. The van der Waals surface area contributed by atoms with E-state index in [-0.39, 0.29) is 11.5 Å². The molecule has 0 unspecified atom stereocenters. The first-order valence-corrected chi connectivity index (χ1v) is 7.55. The van der Waals surface area contributed by atoms with Crippen LogP contribution in [0.4, 0.5) is 4.39 Å². The van der Waals surface area contributed by atoms with E-state index in [9.17, 15) is 9.18 Å². The van der Waals surface area contributed by atoms with Gasteiger partial charge in [0.2, 0.25) is 0 Å². The van der Waals surface area contributed by atoms with Crippen molar-refractivity contribution in [3.05, 3.63) is 56.4 Å². The van der Waals surface area contributed by atoms with Crippen LogP contribution in [0.5, 0.6) is 0 Å². The van der Waals surface area contributed by atoms with E-state index in [1.165, 1.54) is 12.1 Å². The highest BCUT2D eigenvalue weighted by molar-refractivity contribution is 9.10. The zero-order chi connectivity index (χ0) is 13.8. The minimum absolute atomic E-state index is 0.113. The van der Waals surface area contributed by atoms with E-state index in [2.05, 4.69) is 15.9 Å². The summed E-state index contributed by atoms with van der Waals surface area (Å²) in [6.07, 6.45) is 0. The predicted molar refractivity (Wildman–Crippen MR) is 78.8 cm³/mol. The van der Waals surface area contributed by atoms with Gasteiger partial charge in [-0.15, -0.1) is 11.3 Å². The summed E-state index contributed by atoms with van der Waals surface area (Å²) in [6, 6.07) is 8.41. The molecule has 2 rings (SSSR count). The van der Waals surface area contributed by atoms with Crippen molar-refractivity contribution < 1.29 is 9.18 Å². The normalized spacial score (nSPS) is 10.5. The van der Waals surface area contributed by atoms with Crippen molar-refractivity contribution in [3.63, 3.8) is 0 Å². The third-order valence-electron chi connectivity index (χ3n) is 2.76. The van der Waals surface area contributed by atoms with Crippen LogP contribution >= 0.6 is 27.3 Å². The Morgan fingerprint density at radius 3 is 2.79 bits per heavy atom. The summed E-state index contributed by atoms with van der Waals surface area (Å²) in [5.41, 5.74) is 0.113. The zero-order valence-electron chi connectivity index (χ0n) is 10.4. The average Bonchev–Trinajstić information content (AvgIpc) is 2.88. The van der Waals surface area contributed by atoms with Crippen LogP contribution in [-0.2, 0) is 6.54 Å². The first-order valence-electron chi connectivity index (χ1n) is 5.88. The molecule has 2 nitrogen and oxygen atoms in total. The summed E-state index contributed by atoms with van der Waals surface area (Å²) in [7, 11) is 0. The number of rotatable bonds is 4. The Kier molecular flexibility index (Phi) is 4.71. The monoisotopic (exact) mass is 341 g/mol. The molecule has 0 spiro atoms. The van der Waals surface area contributed by atoms with Crippen molar-refractivity contribution >= 4 is 33.2 Å². The molecule has 0 saturated carbocycles. The lowest BCUT2D eigenvalue weighted by Gasteiger charge is -2.20. The van der Waals surface area contributed by atoms with Gasteiger partial charge in [0.25, 0.3) is 5.91 Å². The van der Waals surface area contributed by atoms with E-state index < -0.39 is 5.82 Å². The molecule has 1 amide bonds. The Morgan fingerprint density at radius 1 is 1.42 bits per heavy atom. The van der Waals surface area contributed by atoms with Gasteiger partial charge in [-0.05, 0) is 36.6 Å². The van der Waals surface area contributed by atoms with Crippen molar-refractivity contribution in [2.75, 3.05) is 6.54 Å². The molecule has 100 valence electrons. The van der Waals surface area contributed by atoms with Gasteiger partial charge in [-0.25, -0.2) is 4.39 Å². The lowest BCUT2D eigenvalue weighted by atomic mass is 10.2. The summed E-state index contributed by atoms with van der Waals surface area (Å²) >= 11 is 4.78. The first kappa shape index (κ1) is 14.2. The summed E-state index contributed by atoms with van der Waals surface area (Å²) in [6.45, 7) is 2.96. The van der Waals surface area contributed by atoms with Gasteiger partial charge in [-0.1, -0.05) is 22.0 Å². The number of amides is 1. The van der Waals surface area contributed by atoms with E-state index >= 15 is 0 Å². The molecule has 5 heteroatoms. The standard InChI is InChI=1S/C14H13BrFNOS/c1-2-17(9-11-4-3-7-19-11)14(18)12-6-5-10(15)8-13(12)16/h3-8H,2,9H2,1H3. The van der Waals surface area contributed by atoms with Gasteiger partial charge in [-0.3, -0.25) is 4.79 Å². The first-order chi connectivity index (χ1) is 9.11. The molecule has 0 atom stereocenters. The number of carbonyl (C=O) groups excluding carboxylic acids is 1. The second kappa shape index (κ2) is 6.30. The summed E-state index contributed by atoms with van der Waals surface area (Å²) < 4.78 is 14.4. The van der Waals surface area contributed by atoms with Gasteiger partial charge < -0.3 is 4.90 Å². The molecule has 0 aliphatic rings. The number of carbonyl (C=O) groups is 1. The third-order valence-corrected chi connectivity index (χ3v) is 4.11. The van der Waals surface area contributed by atoms with Crippen LogP contribution < -0.4 is 0 Å². The Bertz CT molecular complexity index is 571. The van der Waals surface area contributed by atoms with Crippen LogP contribution in [0.15, 0.2) is 40.2 Å². The lowest BCUT2D eigenvalue weighted by molar-refractivity contribution is 0.0749. The SMILES string of the molecule is CCN(Cc1cccs1)C(=O)c1ccc(Br)cc1F. The fraction of sp³-hybridized carbons (Fsp3) is 0.214. The molecule has 0 saturated heterocycles. The number of hydrogen-bond donors (Lipinski definition) is 0. The number of nitrogens with zero attached hydrogens (tertiary/aromatic N) is 1. The van der Waals surface area contributed by atoms with Gasteiger partial charge in [0.1, 0.15) is 5.82 Å². The smallest absolute Gasteiger partial charge is 0.257 e. The van der Waals surface area contributed by atoms with Crippen molar-refractivity contribution in [2.45, 2.75) is 13.5 Å². The molecule has 0 radical (unpaired) electrons. The number of thiophene rings is 1. The molecule has 0 fully saturated rings. The predicted octanol–water partition coefficient (Wildman–Crippen LogP) is 4.31. The highest BCUT2D eigenvalue weighted by atomic mass is 79.9. The second-order valence-corrected chi connectivity index (χ2v) is 5.97. The summed E-state index contributed by atoms with van der Waals surface area (Å²) in [4.78, 5) is 15.0. The molecule has 1 aromatic carbocycles. The maximum absolute atomic E-state index is 13.8. The molecular formula is C14H13BrFNOS. The summed E-state index contributed by atoms with van der Waals surface area (Å²) in [5.74, 6) is -0.773. The van der Waals surface area contributed by atoms with E-state index in [1.807, 2.05) is 24.4 Å². The molecule has 0 aliphatic heterocycles. The Hall–Kier alpha value is -1.20. The minimum Gasteiger partial charge on any atom is -0.334 e. The van der Waals surface area contributed by atoms with E-state index in [0.29, 0.717) is 17.6 Å². The van der Waals surface area contributed by atoms with Gasteiger partial charge in [0, 0.05) is 15.9 Å². The molecule has 0 N–H and O–H groups in total. The summed E-state index contributed by atoms with van der Waals surface area (Å²) in [5, 5.41) is 1.97. The number of benzene rings is 1. The second-order valence-electron chi connectivity index (χ2n) is 4.02. The zero-order valence-corrected chi connectivity index (χ0v) is 12.8. The van der Waals surface area contributed by atoms with Gasteiger partial charge in [-0.2, -0.15) is 0 Å². The Labute approximate surface area is 124 Å². The highest BCUT2D eigenvalue weighted by Gasteiger charge is 2.18. The molecule has 19 heavy (non-hydrogen) atoms. The minimum atomic E-state index is -0.496. The molecule has 2 aromatic rings. The van der Waals surface area contributed by atoms with Gasteiger partial charge in [0.05, 0.1) is 12.1 Å². The van der Waals surface area contributed by atoms with Gasteiger partial charge in [0.15, 0.2) is 0 Å². The lowest BCUT2D eigenvalue weighted by Crippen LogP contribution is -2.30. The molecule has 0 bridgehead atoms. The van der Waals surface area contributed by atoms with E-state index in [1.54, 1.807) is 22.3 Å². The van der Waals surface area contributed by atoms with Crippen LogP contribution in [0.25, 0.3) is 0 Å². The molecular weight excluding hydrogens is 329 g/mol. The fourth-order valence-corrected chi connectivity index (χ4v) is 2.80. The fourth-order valence-electron chi connectivity index (χ4n) is 1.75. The number of hydrogen-bond acceptors (Lipinski definition) is 2. The van der Waals surface area contributed by atoms with Gasteiger partial charge >= 0.3 is 0 Å². The Balaban J connectivity index is 2.20. The topological polar surface area (TPSA) is 20.3 Å². The largest absolute Gasteiger partial charge is 0.334 e. The molecule has 1 aromatic heterocycles. The van der Waals surface area contributed by atoms with Crippen LogP contribution in [0.1, 0.15) is 22.2 Å². The maximum atomic E-state index is 13.8. The molecule has 1 heterocycles. The van der Waals surface area contributed by atoms with Crippen LogP contribution in [-0.4, -0.2) is 17.4 Å². The third kappa shape index (κ3) is 3.42. The van der Waals surface area contributed by atoms with E-state index in [4.69, 9.17) is 0 Å². The maximum Gasteiger partial charge on any atom is 0.257 e. The van der Waals surface area contributed by atoms with Crippen LogP contribution in [0, 0.1) is 5.82 Å². The molecule has 0 aliphatic carbocycles. The highest BCUT2D eigenvalue weighted by Crippen LogP contribution is 2.19. The quantitative estimate of drug-likeness (QED) is 0.811. The number of halogens is 2. The van der Waals surface area contributed by atoms with Crippen LogP contribution in [0.2, 0.25) is 0 Å². The van der Waals surface area contributed by atoms with Crippen molar-refractivity contribution in [3.8, 4) is 0 Å². The van der Waals surface area contributed by atoms with Crippen LogP contribution in [0.3, 0.4) is 0 Å². The van der Waals surface area contributed by atoms with Crippen molar-refractivity contribution in [2.24, 2.45) is 0 Å². The average molecular weight is 342 g/mol. The van der Waals surface area contributed by atoms with E-state index in [0.717, 1.165) is 4.88 Å². The van der Waals surface area contributed by atoms with Crippen molar-refractivity contribution in [1.29, 1.82) is 0 Å². The van der Waals surface area contributed by atoms with Crippen molar-refractivity contribution in [1.82, 2.24) is 4.90 Å².